The second-order valence-electron chi connectivity index (χ2n) is 0.704. The number of hydrogen-bond acceptors (Lipinski definition) is 3. The summed E-state index contributed by atoms with van der Waals surface area (Å²) in [6.07, 6.45) is 0.604. The van der Waals surface area contributed by atoms with Gasteiger partial charge in [0.15, 0.2) is 0 Å². The zero-order valence-electron chi connectivity index (χ0n) is 4.13. The van der Waals surface area contributed by atoms with Crippen molar-refractivity contribution >= 4 is 10.1 Å². The maximum atomic E-state index is 9.08. The van der Waals surface area contributed by atoms with Gasteiger partial charge in [-0.2, -0.15) is 0 Å². The zero-order chi connectivity index (χ0) is 4.50. The van der Waals surface area contributed by atoms with Gasteiger partial charge in [-0.1, -0.05) is 0 Å². The van der Waals surface area contributed by atoms with Gasteiger partial charge in [0.05, 0.1) is 10.1 Å². The van der Waals surface area contributed by atoms with Gasteiger partial charge in [-0.25, -0.2) is 8.42 Å². The molecule has 0 aromatic heterocycles. The van der Waals surface area contributed by atoms with Crippen LogP contribution in [0.4, 0.5) is 0 Å². The van der Waals surface area contributed by atoms with E-state index in [4.69, 9.17) is 13.0 Å². The van der Waals surface area contributed by atoms with E-state index in [0.717, 1.165) is 0 Å². The third-order valence-corrected chi connectivity index (χ3v) is 0. The molecule has 0 amide bonds. The molecule has 0 rings (SSSR count). The molecule has 6 heteroatoms. The van der Waals surface area contributed by atoms with Crippen molar-refractivity contribution in [1.82, 2.24) is 0 Å². The van der Waals surface area contributed by atoms with E-state index in [0.29, 0.717) is 6.26 Å². The molecule has 0 radical (unpaired) electrons. The smallest absolute Gasteiger partial charge is 0.748 e. The van der Waals surface area contributed by atoms with Gasteiger partial charge in [0, 0.05) is 6.26 Å². The van der Waals surface area contributed by atoms with Crippen molar-refractivity contribution < 1.29 is 69.8 Å². The molecule has 0 heterocycles. The monoisotopic (exact) mass is 152 g/mol. The summed E-state index contributed by atoms with van der Waals surface area (Å²) >= 11 is 0. The van der Waals surface area contributed by atoms with Crippen LogP contribution in [-0.2, 0) is 10.1 Å². The molecule has 0 bridgehead atoms. The van der Waals surface area contributed by atoms with Gasteiger partial charge in [0.1, 0.15) is 0 Å². The topological polar surface area (TPSA) is 88.7 Å². The molecule has 0 aliphatic rings. The summed E-state index contributed by atoms with van der Waals surface area (Å²) in [7, 11) is -3.92. The quantitative estimate of drug-likeness (QED) is 0.258. The minimum absolute atomic E-state index is 0. The van der Waals surface area contributed by atoms with Crippen LogP contribution in [-0.4, -0.2) is 24.7 Å². The zero-order valence-corrected chi connectivity index (χ0v) is 8.07. The van der Waals surface area contributed by atoms with Gasteiger partial charge < -0.3 is 10.0 Å². The van der Waals surface area contributed by atoms with Crippen LogP contribution in [0, 0.1) is 0 Å². The first-order valence-electron chi connectivity index (χ1n) is 0.908. The summed E-state index contributed by atoms with van der Waals surface area (Å²) in [5.41, 5.74) is 0. The van der Waals surface area contributed by atoms with Crippen LogP contribution in [0.1, 0.15) is 0 Å². The van der Waals surface area contributed by atoms with Gasteiger partial charge in [-0.15, -0.1) is 0 Å². The molecule has 4 nitrogen and oxygen atoms in total. The fourth-order valence-electron chi connectivity index (χ4n) is 0. The van der Waals surface area contributed by atoms with Gasteiger partial charge in [0.2, 0.25) is 0 Å². The molecule has 0 aliphatic carbocycles. The Balaban J connectivity index is -0.0000000800. The van der Waals surface area contributed by atoms with Crippen molar-refractivity contribution in [3.63, 3.8) is 0 Å². The van der Waals surface area contributed by atoms with Crippen LogP contribution in [0.25, 0.3) is 0 Å². The molecule has 0 saturated heterocycles. The van der Waals surface area contributed by atoms with Gasteiger partial charge >= 0.3 is 51.4 Å². The fraction of sp³-hybridized carbons (Fsp3) is 1.00. The maximum absolute atomic E-state index is 9.08. The first kappa shape index (κ1) is 15.8. The summed E-state index contributed by atoms with van der Waals surface area (Å²) in [6.45, 7) is 0. The second kappa shape index (κ2) is 5.64. The van der Waals surface area contributed by atoms with E-state index in [1.807, 2.05) is 0 Å². The van der Waals surface area contributed by atoms with Gasteiger partial charge in [-0.05, 0) is 0 Å². The summed E-state index contributed by atoms with van der Waals surface area (Å²) in [5.74, 6) is 0. The summed E-state index contributed by atoms with van der Waals surface area (Å²) in [5, 5.41) is 0. The molecule has 0 spiro atoms. The molecular weight excluding hydrogens is 147 g/mol. The Bertz CT molecular complexity index is 94.9. The van der Waals surface area contributed by atoms with Crippen molar-refractivity contribution in [2.24, 2.45) is 0 Å². The van der Waals surface area contributed by atoms with Crippen molar-refractivity contribution in [2.45, 2.75) is 0 Å². The standard InChI is InChI=1S/CH4O3S.K.H2O/c1-5(2,3)4;;/h1H3,(H,2,3,4);;1H2/q;+1;/p-1. The molecule has 40 valence electrons. The van der Waals surface area contributed by atoms with Crippen molar-refractivity contribution in [3.8, 4) is 0 Å². The molecule has 0 saturated carbocycles. The van der Waals surface area contributed by atoms with E-state index in [1.54, 1.807) is 0 Å². The SMILES string of the molecule is CS(=O)(=O)[O-].O.[K+]. The Kier molecular flexibility index (Phi) is 12.7. The fourth-order valence-corrected chi connectivity index (χ4v) is 0. The van der Waals surface area contributed by atoms with E-state index < -0.39 is 10.1 Å². The van der Waals surface area contributed by atoms with Crippen molar-refractivity contribution in [3.05, 3.63) is 0 Å². The van der Waals surface area contributed by atoms with Crippen molar-refractivity contribution in [2.75, 3.05) is 6.26 Å². The molecule has 0 aromatic carbocycles. The molecule has 2 N–H and O–H groups in total. The van der Waals surface area contributed by atoms with Gasteiger partial charge in [-0.3, -0.25) is 0 Å². The van der Waals surface area contributed by atoms with Crippen LogP contribution in [0.15, 0.2) is 0 Å². The molecule has 7 heavy (non-hydrogen) atoms. The third-order valence-electron chi connectivity index (χ3n) is 0. The summed E-state index contributed by atoms with van der Waals surface area (Å²) in [4.78, 5) is 0. The van der Waals surface area contributed by atoms with Crippen LogP contribution in [0.3, 0.4) is 0 Å². The first-order chi connectivity index (χ1) is 2.00. The van der Waals surface area contributed by atoms with Gasteiger partial charge in [0.25, 0.3) is 0 Å². The molecule has 0 aliphatic heterocycles. The first-order valence-corrected chi connectivity index (χ1v) is 2.72. The average Bonchev–Trinajstić information content (AvgIpc) is 0.722. The molecule has 0 atom stereocenters. The Hall–Kier alpha value is 1.51. The molecule has 0 unspecified atom stereocenters. The van der Waals surface area contributed by atoms with E-state index in [9.17, 15) is 0 Å². The Morgan fingerprint density at radius 3 is 1.43 bits per heavy atom. The number of rotatable bonds is 0. The molecule has 0 aromatic rings. The largest absolute Gasteiger partial charge is 1.00 e. The molecular formula is CH5KO4S. The second-order valence-corrected chi connectivity index (χ2v) is 2.11. The third kappa shape index (κ3) is 100. The van der Waals surface area contributed by atoms with Crippen LogP contribution in [0.2, 0.25) is 0 Å². The Morgan fingerprint density at radius 1 is 1.43 bits per heavy atom. The number of hydrogen-bond donors (Lipinski definition) is 0. The predicted octanol–water partition coefficient (Wildman–Crippen LogP) is -4.66. The van der Waals surface area contributed by atoms with E-state index in [2.05, 4.69) is 0 Å². The van der Waals surface area contributed by atoms with E-state index >= 15 is 0 Å². The summed E-state index contributed by atoms with van der Waals surface area (Å²) < 4.78 is 27.2. The maximum Gasteiger partial charge on any atom is 1.00 e. The van der Waals surface area contributed by atoms with E-state index in [1.165, 1.54) is 0 Å². The van der Waals surface area contributed by atoms with Crippen molar-refractivity contribution in [1.29, 1.82) is 0 Å². The van der Waals surface area contributed by atoms with E-state index in [-0.39, 0.29) is 56.9 Å². The summed E-state index contributed by atoms with van der Waals surface area (Å²) in [6, 6.07) is 0. The minimum Gasteiger partial charge on any atom is -0.748 e. The molecule has 0 fully saturated rings. The Morgan fingerprint density at radius 2 is 1.43 bits per heavy atom. The predicted molar refractivity (Wildman–Crippen MR) is 19.2 cm³/mol. The van der Waals surface area contributed by atoms with Crippen LogP contribution >= 0.6 is 0 Å². The van der Waals surface area contributed by atoms with Crippen LogP contribution in [0.5, 0.6) is 0 Å². The van der Waals surface area contributed by atoms with Crippen LogP contribution < -0.4 is 51.4 Å². The Labute approximate surface area is 84.8 Å². The average molecular weight is 152 g/mol. The minimum atomic E-state index is -3.92. The normalized spacial score (nSPS) is 8.29.